The van der Waals surface area contributed by atoms with Crippen molar-refractivity contribution in [3.8, 4) is 0 Å². The fourth-order valence-corrected chi connectivity index (χ4v) is 1.27. The number of aryl methyl sites for hydroxylation is 1. The molecular weight excluding hydrogens is 176 g/mol. The first kappa shape index (κ1) is 8.86. The molecular formula is C7H8N2O2S. The Morgan fingerprint density at radius 2 is 2.25 bits per heavy atom. The van der Waals surface area contributed by atoms with Crippen molar-refractivity contribution < 1.29 is 8.42 Å². The maximum Gasteiger partial charge on any atom is 0.251 e. The van der Waals surface area contributed by atoms with Gasteiger partial charge in [0, 0.05) is 17.3 Å². The topological polar surface area (TPSA) is 59.9 Å². The molecule has 0 amide bonds. The van der Waals surface area contributed by atoms with Crippen LogP contribution in [0.1, 0.15) is 5.69 Å². The van der Waals surface area contributed by atoms with Gasteiger partial charge in [-0.25, -0.2) is 18.4 Å². The Labute approximate surface area is 70.9 Å². The Kier molecular flexibility index (Phi) is 2.23. The first-order valence-corrected chi connectivity index (χ1v) is 4.78. The van der Waals surface area contributed by atoms with E-state index >= 15 is 0 Å². The molecule has 0 aliphatic heterocycles. The highest BCUT2D eigenvalue weighted by atomic mass is 32.2. The van der Waals surface area contributed by atoms with Gasteiger partial charge < -0.3 is 0 Å². The second-order valence-corrected chi connectivity index (χ2v) is 3.98. The van der Waals surface area contributed by atoms with Crippen LogP contribution >= 0.6 is 0 Å². The van der Waals surface area contributed by atoms with Gasteiger partial charge in [0.05, 0.1) is 0 Å². The first-order valence-electron chi connectivity index (χ1n) is 3.23. The van der Waals surface area contributed by atoms with E-state index in [4.69, 9.17) is 0 Å². The Bertz CT molecular complexity index is 398. The van der Waals surface area contributed by atoms with E-state index in [0.29, 0.717) is 5.69 Å². The minimum Gasteiger partial charge on any atom is -0.227 e. The Balaban J connectivity index is 3.30. The quantitative estimate of drug-likeness (QED) is 0.635. The van der Waals surface area contributed by atoms with Crippen molar-refractivity contribution in [1.82, 2.24) is 9.97 Å². The van der Waals surface area contributed by atoms with Crippen molar-refractivity contribution in [2.75, 3.05) is 0 Å². The van der Waals surface area contributed by atoms with Crippen LogP contribution in [0.2, 0.25) is 0 Å². The molecule has 0 atom stereocenters. The lowest BCUT2D eigenvalue weighted by molar-refractivity contribution is 0.595. The van der Waals surface area contributed by atoms with Crippen LogP contribution in [0, 0.1) is 6.92 Å². The fourth-order valence-electron chi connectivity index (χ4n) is 0.638. The van der Waals surface area contributed by atoms with Gasteiger partial charge in [-0.2, -0.15) is 0 Å². The highest BCUT2D eigenvalue weighted by Crippen LogP contribution is 2.04. The molecule has 1 rings (SSSR count). The lowest BCUT2D eigenvalue weighted by Gasteiger charge is -1.96. The predicted octanol–water partition coefficient (Wildman–Crippen LogP) is 0.702. The highest BCUT2D eigenvalue weighted by Gasteiger charge is 2.12. The number of rotatable bonds is 2. The largest absolute Gasteiger partial charge is 0.251 e. The van der Waals surface area contributed by atoms with Crippen LogP contribution in [-0.2, 0) is 9.84 Å². The molecule has 64 valence electrons. The second-order valence-electron chi connectivity index (χ2n) is 2.19. The van der Waals surface area contributed by atoms with Crippen LogP contribution < -0.4 is 0 Å². The van der Waals surface area contributed by atoms with Crippen LogP contribution in [0.5, 0.6) is 0 Å². The van der Waals surface area contributed by atoms with Gasteiger partial charge in [0.25, 0.3) is 5.16 Å². The molecule has 1 aromatic heterocycles. The van der Waals surface area contributed by atoms with Gasteiger partial charge in [-0.3, -0.25) is 0 Å². The zero-order chi connectivity index (χ0) is 9.19. The van der Waals surface area contributed by atoms with E-state index in [1.54, 1.807) is 13.0 Å². The number of sulfone groups is 1. The summed E-state index contributed by atoms with van der Waals surface area (Å²) in [5.41, 5.74) is 0.616. The van der Waals surface area contributed by atoms with Gasteiger partial charge >= 0.3 is 0 Å². The van der Waals surface area contributed by atoms with Crippen molar-refractivity contribution in [3.05, 3.63) is 29.9 Å². The van der Waals surface area contributed by atoms with Crippen molar-refractivity contribution in [1.29, 1.82) is 0 Å². The SMILES string of the molecule is C=CS(=O)(=O)c1nccc(C)n1. The summed E-state index contributed by atoms with van der Waals surface area (Å²) in [6.45, 7) is 4.87. The van der Waals surface area contributed by atoms with Crippen LogP contribution in [0.3, 0.4) is 0 Å². The molecule has 0 N–H and O–H groups in total. The van der Waals surface area contributed by atoms with E-state index in [0.717, 1.165) is 5.41 Å². The number of hydrogen-bond donors (Lipinski definition) is 0. The summed E-state index contributed by atoms with van der Waals surface area (Å²) in [4.78, 5) is 7.36. The molecule has 0 saturated carbocycles. The highest BCUT2D eigenvalue weighted by molar-refractivity contribution is 7.94. The monoisotopic (exact) mass is 184 g/mol. The molecule has 1 aromatic rings. The molecule has 0 aliphatic carbocycles. The zero-order valence-electron chi connectivity index (χ0n) is 6.56. The molecule has 5 heteroatoms. The molecule has 0 aliphatic rings. The van der Waals surface area contributed by atoms with Gasteiger partial charge in [-0.15, -0.1) is 0 Å². The van der Waals surface area contributed by atoms with E-state index < -0.39 is 9.84 Å². The molecule has 4 nitrogen and oxygen atoms in total. The van der Waals surface area contributed by atoms with Crippen molar-refractivity contribution in [2.45, 2.75) is 12.1 Å². The molecule has 0 fully saturated rings. The molecule has 0 bridgehead atoms. The normalized spacial score (nSPS) is 11.1. The Morgan fingerprint density at radius 1 is 1.58 bits per heavy atom. The van der Waals surface area contributed by atoms with E-state index in [2.05, 4.69) is 16.5 Å². The van der Waals surface area contributed by atoms with Crippen molar-refractivity contribution in [3.63, 3.8) is 0 Å². The molecule has 0 spiro atoms. The van der Waals surface area contributed by atoms with E-state index in [1.165, 1.54) is 6.20 Å². The zero-order valence-corrected chi connectivity index (χ0v) is 7.37. The van der Waals surface area contributed by atoms with Crippen LogP contribution in [0.4, 0.5) is 0 Å². The maximum atomic E-state index is 11.1. The van der Waals surface area contributed by atoms with Gasteiger partial charge in [0.2, 0.25) is 9.84 Å². The number of hydrogen-bond acceptors (Lipinski definition) is 4. The van der Waals surface area contributed by atoms with Gasteiger partial charge in [-0.05, 0) is 13.0 Å². The summed E-state index contributed by atoms with van der Waals surface area (Å²) in [5.74, 6) is 0. The van der Waals surface area contributed by atoms with E-state index in [9.17, 15) is 8.42 Å². The van der Waals surface area contributed by atoms with Gasteiger partial charge in [0.1, 0.15) is 0 Å². The standard InChI is InChI=1S/C7H8N2O2S/c1-3-12(10,11)7-8-5-4-6(2)9-7/h3-5H,1H2,2H3. The third-order valence-corrected chi connectivity index (χ3v) is 2.39. The first-order chi connectivity index (χ1) is 5.56. The van der Waals surface area contributed by atoms with Crippen LogP contribution in [0.25, 0.3) is 0 Å². The van der Waals surface area contributed by atoms with Crippen molar-refractivity contribution in [2.24, 2.45) is 0 Å². The molecule has 12 heavy (non-hydrogen) atoms. The number of nitrogens with zero attached hydrogens (tertiary/aromatic N) is 2. The molecule has 0 radical (unpaired) electrons. The smallest absolute Gasteiger partial charge is 0.227 e. The average Bonchev–Trinajstić information content (AvgIpc) is 2.05. The third-order valence-electron chi connectivity index (χ3n) is 1.25. The summed E-state index contributed by atoms with van der Waals surface area (Å²) >= 11 is 0. The average molecular weight is 184 g/mol. The van der Waals surface area contributed by atoms with Crippen LogP contribution in [0.15, 0.2) is 29.4 Å². The van der Waals surface area contributed by atoms with Gasteiger partial charge in [-0.1, -0.05) is 6.58 Å². The lowest BCUT2D eigenvalue weighted by Crippen LogP contribution is -2.02. The van der Waals surface area contributed by atoms with E-state index in [1.807, 2.05) is 0 Å². The minimum absolute atomic E-state index is 0.197. The molecule has 0 saturated heterocycles. The maximum absolute atomic E-state index is 11.1. The van der Waals surface area contributed by atoms with Crippen LogP contribution in [-0.4, -0.2) is 18.4 Å². The summed E-state index contributed by atoms with van der Waals surface area (Å²) in [7, 11) is -3.48. The summed E-state index contributed by atoms with van der Waals surface area (Å²) in [6, 6.07) is 1.63. The lowest BCUT2D eigenvalue weighted by atomic mass is 10.5. The van der Waals surface area contributed by atoms with E-state index in [-0.39, 0.29) is 5.16 Å². The molecule has 1 heterocycles. The Hall–Kier alpha value is -1.23. The Morgan fingerprint density at radius 3 is 2.75 bits per heavy atom. The van der Waals surface area contributed by atoms with Gasteiger partial charge in [0.15, 0.2) is 0 Å². The summed E-state index contributed by atoms with van der Waals surface area (Å²) in [5, 5.41) is 0.638. The predicted molar refractivity (Wildman–Crippen MR) is 44.2 cm³/mol. The number of aromatic nitrogens is 2. The van der Waals surface area contributed by atoms with Crippen molar-refractivity contribution >= 4 is 9.84 Å². The molecule has 0 aromatic carbocycles. The summed E-state index contributed by atoms with van der Waals surface area (Å²) in [6.07, 6.45) is 1.40. The summed E-state index contributed by atoms with van der Waals surface area (Å²) < 4.78 is 22.2. The minimum atomic E-state index is -3.48. The fraction of sp³-hybridized carbons (Fsp3) is 0.143. The second kappa shape index (κ2) is 3.02. The molecule has 0 unspecified atom stereocenters. The third kappa shape index (κ3) is 1.68.